The second kappa shape index (κ2) is 7.00. The van der Waals surface area contributed by atoms with Crippen LogP contribution in [0.3, 0.4) is 0 Å². The van der Waals surface area contributed by atoms with E-state index in [1.54, 1.807) is 0 Å². The van der Waals surface area contributed by atoms with Crippen molar-refractivity contribution in [2.24, 2.45) is 0 Å². The smallest absolute Gasteiger partial charge is 0.210 e. The van der Waals surface area contributed by atoms with E-state index in [1.165, 1.54) is 12.1 Å². The molecule has 2 aromatic carbocycles. The van der Waals surface area contributed by atoms with Crippen molar-refractivity contribution < 1.29 is 12.8 Å². The van der Waals surface area contributed by atoms with Gasteiger partial charge in [-0.2, -0.15) is 0 Å². The van der Waals surface area contributed by atoms with Crippen LogP contribution in [0.2, 0.25) is 0 Å². The first-order chi connectivity index (χ1) is 9.90. The second-order valence-corrected chi connectivity index (χ2v) is 8.06. The van der Waals surface area contributed by atoms with Crippen molar-refractivity contribution in [1.82, 2.24) is 4.72 Å². The monoisotopic (exact) mass is 435 g/mol. The van der Waals surface area contributed by atoms with Gasteiger partial charge in [-0.3, -0.25) is 0 Å². The lowest BCUT2D eigenvalue weighted by Crippen LogP contribution is -2.27. The Morgan fingerprint density at radius 2 is 1.81 bits per heavy atom. The lowest BCUT2D eigenvalue weighted by Gasteiger charge is -2.12. The molecular weight excluding hydrogens is 425 g/mol. The highest BCUT2D eigenvalue weighted by molar-refractivity contribution is 9.10. The largest absolute Gasteiger partial charge is 0.243 e. The standard InChI is InChI=1S/C14H12Br2FNO2S/c15-11-6-7-14(13(17)8-11)21(19,20)18-9-12(16)10-4-2-1-3-5-10/h1-8,12,18H,9H2. The van der Waals surface area contributed by atoms with Crippen LogP contribution >= 0.6 is 31.9 Å². The van der Waals surface area contributed by atoms with Crippen molar-refractivity contribution in [2.45, 2.75) is 9.72 Å². The first kappa shape index (κ1) is 16.6. The molecule has 1 unspecified atom stereocenters. The number of rotatable bonds is 5. The van der Waals surface area contributed by atoms with E-state index in [1.807, 2.05) is 30.3 Å². The van der Waals surface area contributed by atoms with Crippen molar-refractivity contribution in [2.75, 3.05) is 6.54 Å². The molecule has 0 aromatic heterocycles. The summed E-state index contributed by atoms with van der Waals surface area (Å²) in [6, 6.07) is 13.2. The molecule has 0 saturated carbocycles. The quantitative estimate of drug-likeness (QED) is 0.720. The third-order valence-electron chi connectivity index (χ3n) is 2.80. The van der Waals surface area contributed by atoms with Gasteiger partial charge in [-0.15, -0.1) is 0 Å². The summed E-state index contributed by atoms with van der Waals surface area (Å²) in [6.07, 6.45) is 0. The minimum Gasteiger partial charge on any atom is -0.210 e. The highest BCUT2D eigenvalue weighted by Crippen LogP contribution is 2.23. The van der Waals surface area contributed by atoms with Crippen LogP contribution in [0.25, 0.3) is 0 Å². The molecule has 0 radical (unpaired) electrons. The molecule has 0 amide bonds. The summed E-state index contributed by atoms with van der Waals surface area (Å²) in [6.45, 7) is 0.127. The van der Waals surface area contributed by atoms with E-state index < -0.39 is 15.8 Å². The third kappa shape index (κ3) is 4.35. The number of sulfonamides is 1. The van der Waals surface area contributed by atoms with Crippen LogP contribution in [-0.2, 0) is 10.0 Å². The fourth-order valence-electron chi connectivity index (χ4n) is 1.73. The Kier molecular flexibility index (Phi) is 5.54. The van der Waals surface area contributed by atoms with Gasteiger partial charge < -0.3 is 0 Å². The van der Waals surface area contributed by atoms with Crippen LogP contribution in [0.5, 0.6) is 0 Å². The fourth-order valence-corrected chi connectivity index (χ4v) is 3.85. The number of hydrogen-bond acceptors (Lipinski definition) is 2. The maximum absolute atomic E-state index is 13.7. The lowest BCUT2D eigenvalue weighted by molar-refractivity contribution is 0.556. The third-order valence-corrected chi connectivity index (χ3v) is 5.60. The summed E-state index contributed by atoms with van der Waals surface area (Å²) in [5.74, 6) is -0.789. The van der Waals surface area contributed by atoms with Crippen LogP contribution in [0, 0.1) is 5.82 Å². The summed E-state index contributed by atoms with van der Waals surface area (Å²) in [7, 11) is -3.89. The van der Waals surface area contributed by atoms with Crippen molar-refractivity contribution in [1.29, 1.82) is 0 Å². The molecule has 1 N–H and O–H groups in total. The van der Waals surface area contributed by atoms with Gasteiger partial charge in [0.25, 0.3) is 0 Å². The average Bonchev–Trinajstić information content (AvgIpc) is 2.45. The van der Waals surface area contributed by atoms with Crippen LogP contribution < -0.4 is 4.72 Å². The van der Waals surface area contributed by atoms with Gasteiger partial charge in [0.2, 0.25) is 10.0 Å². The molecular formula is C14H12Br2FNO2S. The molecule has 112 valence electrons. The molecule has 0 aliphatic carbocycles. The van der Waals surface area contributed by atoms with Gasteiger partial charge in [0.15, 0.2) is 0 Å². The van der Waals surface area contributed by atoms with Gasteiger partial charge in [0.1, 0.15) is 10.7 Å². The van der Waals surface area contributed by atoms with Gasteiger partial charge in [-0.05, 0) is 23.8 Å². The first-order valence-corrected chi connectivity index (χ1v) is 9.23. The number of benzene rings is 2. The predicted octanol–water partition coefficient (Wildman–Crippen LogP) is 4.00. The molecule has 1 atom stereocenters. The Hall–Kier alpha value is -0.760. The average molecular weight is 437 g/mol. The van der Waals surface area contributed by atoms with Crippen molar-refractivity contribution in [3.05, 3.63) is 64.4 Å². The summed E-state index contributed by atoms with van der Waals surface area (Å²) in [5.41, 5.74) is 0.941. The van der Waals surface area contributed by atoms with E-state index in [0.29, 0.717) is 4.47 Å². The Bertz CT molecular complexity index is 723. The molecule has 2 aromatic rings. The molecule has 3 nitrogen and oxygen atoms in total. The maximum Gasteiger partial charge on any atom is 0.243 e. The van der Waals surface area contributed by atoms with Crippen molar-refractivity contribution in [3.63, 3.8) is 0 Å². The molecule has 21 heavy (non-hydrogen) atoms. The zero-order valence-corrected chi connectivity index (χ0v) is 14.8. The molecule has 0 aliphatic heterocycles. The SMILES string of the molecule is O=S(=O)(NCC(Br)c1ccccc1)c1ccc(Br)cc1F. The highest BCUT2D eigenvalue weighted by Gasteiger charge is 2.20. The maximum atomic E-state index is 13.7. The molecule has 0 saturated heterocycles. The van der Waals surface area contributed by atoms with Crippen molar-refractivity contribution >= 4 is 41.9 Å². The van der Waals surface area contributed by atoms with Crippen LogP contribution in [0.1, 0.15) is 10.4 Å². The van der Waals surface area contributed by atoms with Crippen LogP contribution in [0.4, 0.5) is 4.39 Å². The predicted molar refractivity (Wildman–Crippen MR) is 87.4 cm³/mol. The van der Waals surface area contributed by atoms with E-state index >= 15 is 0 Å². The van der Waals surface area contributed by atoms with E-state index in [4.69, 9.17) is 0 Å². The molecule has 7 heteroatoms. The van der Waals surface area contributed by atoms with Gasteiger partial charge in [-0.25, -0.2) is 17.5 Å². The van der Waals surface area contributed by atoms with E-state index in [9.17, 15) is 12.8 Å². The number of halogens is 3. The number of alkyl halides is 1. The number of hydrogen-bond donors (Lipinski definition) is 1. The van der Waals surface area contributed by atoms with Gasteiger partial charge in [-0.1, -0.05) is 62.2 Å². The summed E-state index contributed by atoms with van der Waals surface area (Å²) in [4.78, 5) is -0.551. The minimum absolute atomic E-state index is 0.127. The Labute approximate surface area is 139 Å². The second-order valence-electron chi connectivity index (χ2n) is 4.30. The molecule has 0 bridgehead atoms. The van der Waals surface area contributed by atoms with Gasteiger partial charge in [0, 0.05) is 11.0 Å². The summed E-state index contributed by atoms with van der Waals surface area (Å²) in [5, 5.41) is 0. The molecule has 0 aliphatic rings. The van der Waals surface area contributed by atoms with Crippen LogP contribution in [-0.4, -0.2) is 15.0 Å². The first-order valence-electron chi connectivity index (χ1n) is 6.04. The summed E-state index contributed by atoms with van der Waals surface area (Å²) >= 11 is 6.51. The normalized spacial score (nSPS) is 13.1. The Balaban J connectivity index is 2.11. The zero-order valence-electron chi connectivity index (χ0n) is 10.8. The minimum atomic E-state index is -3.89. The van der Waals surface area contributed by atoms with E-state index in [0.717, 1.165) is 11.6 Å². The highest BCUT2D eigenvalue weighted by atomic mass is 79.9. The van der Waals surface area contributed by atoms with Gasteiger partial charge >= 0.3 is 0 Å². The van der Waals surface area contributed by atoms with Gasteiger partial charge in [0.05, 0.1) is 4.83 Å². The van der Waals surface area contributed by atoms with E-state index in [-0.39, 0.29) is 16.3 Å². The molecule has 0 fully saturated rings. The molecule has 0 spiro atoms. The Morgan fingerprint density at radius 1 is 1.14 bits per heavy atom. The number of nitrogens with one attached hydrogen (secondary N) is 1. The zero-order chi connectivity index (χ0) is 15.5. The van der Waals surface area contributed by atoms with Crippen LogP contribution in [0.15, 0.2) is 57.9 Å². The molecule has 2 rings (SSSR count). The topological polar surface area (TPSA) is 46.2 Å². The fraction of sp³-hybridized carbons (Fsp3) is 0.143. The molecule has 0 heterocycles. The summed E-state index contributed by atoms with van der Waals surface area (Å²) < 4.78 is 40.8. The van der Waals surface area contributed by atoms with E-state index in [2.05, 4.69) is 36.6 Å². The lowest BCUT2D eigenvalue weighted by atomic mass is 10.2. The Morgan fingerprint density at radius 3 is 2.43 bits per heavy atom. The van der Waals surface area contributed by atoms with Crippen molar-refractivity contribution in [3.8, 4) is 0 Å².